The second-order valence-electron chi connectivity index (χ2n) is 6.54. The number of aliphatic hydroxyl groups is 1. The first-order valence-corrected chi connectivity index (χ1v) is 9.39. The Morgan fingerprint density at radius 2 is 1.38 bits per heavy atom. The van der Waals surface area contributed by atoms with Crippen LogP contribution in [0.1, 0.15) is 17.6 Å². The van der Waals surface area contributed by atoms with Gasteiger partial charge in [-0.2, -0.15) is 0 Å². The summed E-state index contributed by atoms with van der Waals surface area (Å²) in [5, 5.41) is 9.02. The van der Waals surface area contributed by atoms with Gasteiger partial charge in [-0.15, -0.1) is 0 Å². The molecule has 9 heteroatoms. The minimum Gasteiger partial charge on any atom is -1.00 e. The smallest absolute Gasteiger partial charge is 1.00 e. The quantitative estimate of drug-likeness (QED) is 0.337. The van der Waals surface area contributed by atoms with Gasteiger partial charge < -0.3 is 20.4 Å². The predicted molar refractivity (Wildman–Crippen MR) is 126 cm³/mol. The number of rotatable bonds is 4. The molecule has 0 atom stereocenters. The van der Waals surface area contributed by atoms with E-state index in [1.807, 2.05) is 72.3 Å². The second-order valence-corrected chi connectivity index (χ2v) is 6.54. The van der Waals surface area contributed by atoms with Crippen LogP contribution in [-0.2, 0) is 25.4 Å². The van der Waals surface area contributed by atoms with Crippen LogP contribution in [0.5, 0.6) is 0 Å². The first-order chi connectivity index (χ1) is 14.6. The van der Waals surface area contributed by atoms with Crippen molar-refractivity contribution in [2.45, 2.75) is 6.61 Å². The summed E-state index contributed by atoms with van der Waals surface area (Å²) in [5.41, 5.74) is 3.31. The van der Waals surface area contributed by atoms with Gasteiger partial charge >= 0.3 is 24.8 Å². The molecule has 0 saturated heterocycles. The van der Waals surface area contributed by atoms with Gasteiger partial charge in [-0.1, -0.05) is 60.7 Å². The van der Waals surface area contributed by atoms with Crippen molar-refractivity contribution in [2.24, 2.45) is 14.1 Å². The summed E-state index contributed by atoms with van der Waals surface area (Å²) in [7, 11) is 5.06. The first-order valence-electron chi connectivity index (χ1n) is 9.39. The number of hydrogen-bond donors (Lipinski definition) is 1. The summed E-state index contributed by atoms with van der Waals surface area (Å²) in [6, 6.07) is 19.6. The average Bonchev–Trinajstić information content (AvgIpc) is 3.37. The minimum atomic E-state index is -0.378. The number of esters is 1. The Labute approximate surface area is 211 Å². The molecule has 2 heterocycles. The number of imidazole rings is 2. The molecule has 162 valence electrons. The molecule has 1 N–H and O–H groups in total. The number of carbonyl (C=O) groups excluding carboxylic acids is 1. The van der Waals surface area contributed by atoms with Crippen molar-refractivity contribution in [3.05, 3.63) is 84.4 Å². The molecule has 0 saturated carbocycles. The van der Waals surface area contributed by atoms with Crippen molar-refractivity contribution in [3.63, 3.8) is 0 Å². The van der Waals surface area contributed by atoms with Crippen LogP contribution in [0.3, 0.4) is 0 Å². The molecule has 0 bridgehead atoms. The van der Waals surface area contributed by atoms with Gasteiger partial charge in [0.1, 0.15) is 17.3 Å². The molecule has 0 aliphatic rings. The van der Waals surface area contributed by atoms with Crippen molar-refractivity contribution in [1.29, 1.82) is 0 Å². The standard InChI is InChI=1S/C12H12N2O2.C11H12N2O.Al.Li.4H/c1-14-10(12(15)16-2)8-13-11(14)9-6-4-3-5-7-9;1-13-10(8-14)7-12-11(13)9-5-3-2-4-6-9;;;;;;/h3-8H,1-2H3;2-7,14H,8H2,1H3;;;;;;/q;;;+1;;;;-1. The van der Waals surface area contributed by atoms with Gasteiger partial charge in [0, 0.05) is 25.2 Å². The minimum absolute atomic E-state index is 0. The van der Waals surface area contributed by atoms with E-state index in [1.165, 1.54) is 13.3 Å². The van der Waals surface area contributed by atoms with E-state index in [4.69, 9.17) is 5.11 Å². The number of benzene rings is 2. The maximum atomic E-state index is 11.4. The number of aliphatic hydroxyl groups excluding tert-OH is 1. The van der Waals surface area contributed by atoms with Crippen LogP contribution >= 0.6 is 0 Å². The molecule has 0 aliphatic heterocycles. The fourth-order valence-corrected chi connectivity index (χ4v) is 3.01. The Hall–Kier alpha value is -2.58. The number of methoxy groups -OCH3 is 1. The Morgan fingerprint density at radius 3 is 1.81 bits per heavy atom. The van der Waals surface area contributed by atoms with E-state index in [2.05, 4.69) is 14.7 Å². The van der Waals surface area contributed by atoms with Crippen molar-refractivity contribution >= 4 is 23.3 Å². The van der Waals surface area contributed by atoms with Crippen molar-refractivity contribution in [2.75, 3.05) is 7.11 Å². The first kappa shape index (κ1) is 27.5. The van der Waals surface area contributed by atoms with Gasteiger partial charge in [-0.05, 0) is 0 Å². The van der Waals surface area contributed by atoms with Crippen LogP contribution < -0.4 is 18.9 Å². The third kappa shape index (κ3) is 6.23. The topological polar surface area (TPSA) is 82.2 Å². The monoisotopic (exact) mass is 442 g/mol. The molecule has 0 unspecified atom stereocenters. The molecule has 0 amide bonds. The average molecular weight is 442 g/mol. The zero-order valence-electron chi connectivity index (χ0n) is 19.2. The van der Waals surface area contributed by atoms with Gasteiger partial charge in [0.05, 0.1) is 31.8 Å². The summed E-state index contributed by atoms with van der Waals surface area (Å²) >= 11 is 0. The number of nitrogens with zero attached hydrogens (tertiary/aromatic N) is 4. The molecule has 2 aromatic carbocycles. The molecule has 0 spiro atoms. The summed E-state index contributed by atoms with van der Waals surface area (Å²) in [4.78, 5) is 19.9. The van der Waals surface area contributed by atoms with Crippen LogP contribution in [-0.4, -0.2) is 54.6 Å². The summed E-state index contributed by atoms with van der Waals surface area (Å²) in [6.45, 7) is 0.0241. The number of hydrogen-bond acceptors (Lipinski definition) is 5. The van der Waals surface area contributed by atoms with Crippen molar-refractivity contribution < 1.29 is 34.9 Å². The molecule has 4 rings (SSSR count). The molecular formula is C23H28AlLiN4O3. The van der Waals surface area contributed by atoms with Gasteiger partial charge in [0.25, 0.3) is 0 Å². The number of ether oxygens (including phenoxy) is 1. The normalized spacial score (nSPS) is 9.62. The summed E-state index contributed by atoms with van der Waals surface area (Å²) in [5.74, 6) is 1.26. The number of carbonyl (C=O) groups is 1. The van der Waals surface area contributed by atoms with E-state index in [9.17, 15) is 4.79 Å². The SMILES string of the molecule is COC(=O)c1cnc(-c2ccccc2)n1C.Cn1c(CO)cnc1-c1ccccc1.[AlH3].[H-].[Li+]. The van der Waals surface area contributed by atoms with Crippen molar-refractivity contribution in [1.82, 2.24) is 19.1 Å². The maximum Gasteiger partial charge on any atom is 1.00 e. The van der Waals surface area contributed by atoms with E-state index in [0.717, 1.165) is 28.5 Å². The second kappa shape index (κ2) is 13.1. The van der Waals surface area contributed by atoms with Gasteiger partial charge in [-0.25, -0.2) is 14.8 Å². The largest absolute Gasteiger partial charge is 1.00 e. The van der Waals surface area contributed by atoms with E-state index >= 15 is 0 Å². The Bertz CT molecular complexity index is 1120. The Kier molecular flexibility index (Phi) is 11.2. The predicted octanol–water partition coefficient (Wildman–Crippen LogP) is -0.614. The van der Waals surface area contributed by atoms with E-state index < -0.39 is 0 Å². The molecule has 0 radical (unpaired) electrons. The maximum absolute atomic E-state index is 11.4. The zero-order valence-corrected chi connectivity index (χ0v) is 18.2. The van der Waals surface area contributed by atoms with E-state index in [-0.39, 0.29) is 50.2 Å². The third-order valence-corrected chi connectivity index (χ3v) is 4.69. The fraction of sp³-hybridized carbons (Fsp3) is 0.174. The van der Waals surface area contributed by atoms with Crippen molar-refractivity contribution in [3.8, 4) is 22.8 Å². The van der Waals surface area contributed by atoms with Gasteiger partial charge in [-0.3, -0.25) is 0 Å². The molecule has 32 heavy (non-hydrogen) atoms. The van der Waals surface area contributed by atoms with E-state index in [0.29, 0.717) is 5.69 Å². The molecule has 4 aromatic rings. The van der Waals surface area contributed by atoms with Gasteiger partial charge in [0.15, 0.2) is 17.4 Å². The third-order valence-electron chi connectivity index (χ3n) is 4.69. The molecule has 0 aliphatic carbocycles. The fourth-order valence-electron chi connectivity index (χ4n) is 3.01. The van der Waals surface area contributed by atoms with Gasteiger partial charge in [0.2, 0.25) is 0 Å². The van der Waals surface area contributed by atoms with E-state index in [1.54, 1.807) is 17.8 Å². The Morgan fingerprint density at radius 1 is 0.906 bits per heavy atom. The molecular weight excluding hydrogens is 414 g/mol. The Balaban J connectivity index is 0.000000573. The number of aromatic nitrogens is 4. The molecule has 0 fully saturated rings. The van der Waals surface area contributed by atoms with Crippen LogP contribution in [0.2, 0.25) is 0 Å². The van der Waals surface area contributed by atoms with Crippen LogP contribution in [0, 0.1) is 0 Å². The van der Waals surface area contributed by atoms with Crippen LogP contribution in [0.25, 0.3) is 22.8 Å². The molecule has 7 nitrogen and oxygen atoms in total. The zero-order chi connectivity index (χ0) is 21.5. The summed E-state index contributed by atoms with van der Waals surface area (Å²) in [6.07, 6.45) is 3.22. The molecule has 2 aromatic heterocycles. The van der Waals surface area contributed by atoms with Crippen LogP contribution in [0.4, 0.5) is 0 Å². The summed E-state index contributed by atoms with van der Waals surface area (Å²) < 4.78 is 8.29. The van der Waals surface area contributed by atoms with Crippen LogP contribution in [0.15, 0.2) is 73.1 Å².